The molecule has 0 saturated carbocycles. The number of piperazine rings is 1. The fourth-order valence-electron chi connectivity index (χ4n) is 1.95. The van der Waals surface area contributed by atoms with Gasteiger partial charge in [0.2, 0.25) is 0 Å². The Hall–Kier alpha value is -0.810. The van der Waals surface area contributed by atoms with E-state index in [0.717, 1.165) is 19.6 Å². The summed E-state index contributed by atoms with van der Waals surface area (Å²) in [5, 5.41) is 11.5. The van der Waals surface area contributed by atoms with E-state index in [1.165, 1.54) is 0 Å². The average molecular weight is 214 g/mol. The highest BCUT2D eigenvalue weighted by Gasteiger charge is 2.24. The molecule has 15 heavy (non-hydrogen) atoms. The number of likely N-dealkylation sites (N-methyl/N-ethyl adjacent to an activating group) is 1. The number of oxime groups is 1. The summed E-state index contributed by atoms with van der Waals surface area (Å²) in [4.78, 5) is 4.75. The molecule has 88 valence electrons. The van der Waals surface area contributed by atoms with Crippen LogP contribution in [0.5, 0.6) is 0 Å². The van der Waals surface area contributed by atoms with Gasteiger partial charge in [0.1, 0.15) is 5.84 Å². The first-order valence-electron chi connectivity index (χ1n) is 5.45. The predicted molar refractivity (Wildman–Crippen MR) is 61.2 cm³/mol. The summed E-state index contributed by atoms with van der Waals surface area (Å²) >= 11 is 0. The molecule has 1 aliphatic rings. The second kappa shape index (κ2) is 5.32. The van der Waals surface area contributed by atoms with E-state index in [2.05, 4.69) is 35.9 Å². The van der Waals surface area contributed by atoms with Crippen molar-refractivity contribution >= 4 is 5.84 Å². The molecule has 0 radical (unpaired) electrons. The number of amidine groups is 1. The zero-order chi connectivity index (χ0) is 11.4. The number of hydrogen-bond donors (Lipinski definition) is 2. The maximum Gasteiger partial charge on any atom is 0.140 e. The van der Waals surface area contributed by atoms with Crippen LogP contribution in [0.1, 0.15) is 20.3 Å². The van der Waals surface area contributed by atoms with Gasteiger partial charge in [0, 0.05) is 38.1 Å². The third kappa shape index (κ3) is 3.35. The Bertz CT molecular complexity index is 231. The molecule has 1 heterocycles. The summed E-state index contributed by atoms with van der Waals surface area (Å²) in [5.41, 5.74) is 5.51. The van der Waals surface area contributed by atoms with Gasteiger partial charge in [-0.05, 0) is 20.9 Å². The van der Waals surface area contributed by atoms with Crippen LogP contribution in [-0.4, -0.2) is 59.6 Å². The van der Waals surface area contributed by atoms with Crippen LogP contribution in [0.25, 0.3) is 0 Å². The molecule has 2 atom stereocenters. The number of nitrogens with zero attached hydrogens (tertiary/aromatic N) is 3. The van der Waals surface area contributed by atoms with Crippen molar-refractivity contribution in [3.8, 4) is 0 Å². The van der Waals surface area contributed by atoms with Crippen LogP contribution < -0.4 is 5.73 Å². The first kappa shape index (κ1) is 12.3. The highest BCUT2D eigenvalue weighted by atomic mass is 16.4. The fraction of sp³-hybridized carbons (Fsp3) is 0.900. The van der Waals surface area contributed by atoms with Crippen molar-refractivity contribution in [2.75, 3.05) is 26.7 Å². The fourth-order valence-corrected chi connectivity index (χ4v) is 1.95. The Morgan fingerprint density at radius 3 is 2.80 bits per heavy atom. The summed E-state index contributed by atoms with van der Waals surface area (Å²) in [7, 11) is 2.15. The first-order chi connectivity index (χ1) is 7.04. The molecule has 0 aromatic rings. The topological polar surface area (TPSA) is 65.1 Å². The van der Waals surface area contributed by atoms with E-state index in [1.807, 2.05) is 0 Å². The van der Waals surface area contributed by atoms with E-state index in [-0.39, 0.29) is 0 Å². The van der Waals surface area contributed by atoms with E-state index in [4.69, 9.17) is 10.9 Å². The second-order valence-corrected chi connectivity index (χ2v) is 4.47. The van der Waals surface area contributed by atoms with Gasteiger partial charge in [-0.3, -0.25) is 4.90 Å². The molecule has 5 nitrogen and oxygen atoms in total. The smallest absolute Gasteiger partial charge is 0.140 e. The van der Waals surface area contributed by atoms with Gasteiger partial charge in [0.15, 0.2) is 0 Å². The zero-order valence-electron chi connectivity index (χ0n) is 9.85. The summed E-state index contributed by atoms with van der Waals surface area (Å²) in [6, 6.07) is 0.922. The number of rotatable bonds is 3. The van der Waals surface area contributed by atoms with Crippen LogP contribution in [0.3, 0.4) is 0 Å². The summed E-state index contributed by atoms with van der Waals surface area (Å²) in [6.45, 7) is 7.54. The van der Waals surface area contributed by atoms with Crippen molar-refractivity contribution in [2.45, 2.75) is 32.4 Å². The molecule has 1 rings (SSSR count). The summed E-state index contributed by atoms with van der Waals surface area (Å²) in [5.74, 6) is 0.314. The number of nitrogens with two attached hydrogens (primary N) is 1. The molecular weight excluding hydrogens is 192 g/mol. The standard InChI is InChI=1S/C10H22N4O/c1-8(6-10(11)12-15)14-5-4-13(3)9(2)7-14/h8-9,15H,4-7H2,1-3H3,(H2,11,12). The monoisotopic (exact) mass is 214 g/mol. The Morgan fingerprint density at radius 2 is 2.27 bits per heavy atom. The van der Waals surface area contributed by atoms with Gasteiger partial charge >= 0.3 is 0 Å². The van der Waals surface area contributed by atoms with Crippen molar-refractivity contribution in [1.82, 2.24) is 9.80 Å². The van der Waals surface area contributed by atoms with Crippen molar-refractivity contribution in [2.24, 2.45) is 10.9 Å². The van der Waals surface area contributed by atoms with Gasteiger partial charge in [-0.25, -0.2) is 0 Å². The summed E-state index contributed by atoms with van der Waals surface area (Å²) in [6.07, 6.45) is 0.632. The highest BCUT2D eigenvalue weighted by molar-refractivity contribution is 5.80. The molecule has 0 aliphatic carbocycles. The van der Waals surface area contributed by atoms with E-state index in [0.29, 0.717) is 24.3 Å². The minimum atomic E-state index is 0.314. The zero-order valence-corrected chi connectivity index (χ0v) is 9.85. The van der Waals surface area contributed by atoms with Gasteiger partial charge in [-0.15, -0.1) is 0 Å². The van der Waals surface area contributed by atoms with Crippen LogP contribution in [-0.2, 0) is 0 Å². The van der Waals surface area contributed by atoms with Gasteiger partial charge in [0.05, 0.1) is 0 Å². The molecule has 5 heteroatoms. The molecule has 2 unspecified atom stereocenters. The Morgan fingerprint density at radius 1 is 1.60 bits per heavy atom. The minimum absolute atomic E-state index is 0.314. The molecule has 0 bridgehead atoms. The molecule has 1 saturated heterocycles. The minimum Gasteiger partial charge on any atom is -0.409 e. The van der Waals surface area contributed by atoms with E-state index < -0.39 is 0 Å². The van der Waals surface area contributed by atoms with Crippen molar-refractivity contribution in [1.29, 1.82) is 0 Å². The maximum absolute atomic E-state index is 8.51. The number of hydrogen-bond acceptors (Lipinski definition) is 4. The lowest BCUT2D eigenvalue weighted by Gasteiger charge is -2.40. The van der Waals surface area contributed by atoms with Gasteiger partial charge in [0.25, 0.3) is 0 Å². The molecular formula is C10H22N4O. The Balaban J connectivity index is 2.44. The predicted octanol–water partition coefficient (Wildman–Crippen LogP) is 0.147. The Labute approximate surface area is 91.5 Å². The summed E-state index contributed by atoms with van der Waals surface area (Å²) < 4.78 is 0. The van der Waals surface area contributed by atoms with Crippen molar-refractivity contribution in [3.05, 3.63) is 0 Å². The highest BCUT2D eigenvalue weighted by Crippen LogP contribution is 2.12. The van der Waals surface area contributed by atoms with E-state index >= 15 is 0 Å². The molecule has 1 aliphatic heterocycles. The third-order valence-corrected chi connectivity index (χ3v) is 3.25. The largest absolute Gasteiger partial charge is 0.409 e. The van der Waals surface area contributed by atoms with Crippen LogP contribution >= 0.6 is 0 Å². The molecule has 0 spiro atoms. The molecule has 0 aromatic heterocycles. The van der Waals surface area contributed by atoms with E-state index in [1.54, 1.807) is 0 Å². The second-order valence-electron chi connectivity index (χ2n) is 4.47. The van der Waals surface area contributed by atoms with Crippen LogP contribution in [0.15, 0.2) is 5.16 Å². The molecule has 3 N–H and O–H groups in total. The molecule has 1 fully saturated rings. The van der Waals surface area contributed by atoms with Crippen molar-refractivity contribution < 1.29 is 5.21 Å². The van der Waals surface area contributed by atoms with Crippen LogP contribution in [0.4, 0.5) is 0 Å². The SMILES string of the molecule is CC1CN(C(C)CC(N)=NO)CCN1C. The Kier molecular flexibility index (Phi) is 4.35. The molecule has 0 aromatic carbocycles. The molecule has 0 amide bonds. The normalized spacial score (nSPS) is 27.9. The lowest BCUT2D eigenvalue weighted by Crippen LogP contribution is -2.53. The van der Waals surface area contributed by atoms with Crippen molar-refractivity contribution in [3.63, 3.8) is 0 Å². The quantitative estimate of drug-likeness (QED) is 0.304. The lowest BCUT2D eigenvalue weighted by atomic mass is 10.1. The maximum atomic E-state index is 8.51. The van der Waals surface area contributed by atoms with Gasteiger partial charge in [-0.2, -0.15) is 0 Å². The average Bonchev–Trinajstić information content (AvgIpc) is 2.21. The van der Waals surface area contributed by atoms with Crippen LogP contribution in [0.2, 0.25) is 0 Å². The third-order valence-electron chi connectivity index (χ3n) is 3.25. The van der Waals surface area contributed by atoms with Gasteiger partial charge < -0.3 is 15.8 Å². The lowest BCUT2D eigenvalue weighted by molar-refractivity contribution is 0.0794. The van der Waals surface area contributed by atoms with E-state index in [9.17, 15) is 0 Å². The van der Waals surface area contributed by atoms with Crippen LogP contribution in [0, 0.1) is 0 Å². The first-order valence-corrected chi connectivity index (χ1v) is 5.45. The van der Waals surface area contributed by atoms with Gasteiger partial charge in [-0.1, -0.05) is 5.16 Å².